The number of nitrogens with two attached hydrogens (primary N) is 2. The molecule has 0 radical (unpaired) electrons. The van der Waals surface area contributed by atoms with Crippen molar-refractivity contribution in [1.29, 1.82) is 0 Å². The summed E-state index contributed by atoms with van der Waals surface area (Å²) in [6.45, 7) is 0. The van der Waals surface area contributed by atoms with E-state index in [-0.39, 0.29) is 49.6 Å². The predicted octanol–water partition coefficient (Wildman–Crippen LogP) is -0.684. The van der Waals surface area contributed by atoms with Gasteiger partial charge < -0.3 is 56.7 Å². The molecule has 0 unspecified atom stereocenters. The van der Waals surface area contributed by atoms with E-state index < -0.39 is 10.2 Å². The summed E-state index contributed by atoms with van der Waals surface area (Å²) in [6, 6.07) is 11.6. The first-order valence-corrected chi connectivity index (χ1v) is 11.6. The topological polar surface area (TPSA) is 369 Å². The smallest absolute Gasteiger partial charge is 0.412 e. The van der Waals surface area contributed by atoms with Crippen molar-refractivity contribution in [3.63, 3.8) is 0 Å². The van der Waals surface area contributed by atoms with Gasteiger partial charge in [-0.2, -0.15) is 9.97 Å². The first-order chi connectivity index (χ1) is 20.8. The SMILES string of the molecule is Cn1cnc2c(=O)[nH]c(N)nc21.Cn1cnc2c(=O)[nH]c(N)nc21.O.O=[N+]([O-])[O-].O=[N+]([O-])[O-].[Pt+2].c1ccc(-c2ccccn2)nc1. The number of nitrogens with one attached hydrogen (secondary N) is 2. The predicted molar refractivity (Wildman–Crippen MR) is 159 cm³/mol. The van der Waals surface area contributed by atoms with Gasteiger partial charge in [0, 0.05) is 26.5 Å². The molecule has 6 aromatic heterocycles. The van der Waals surface area contributed by atoms with Crippen molar-refractivity contribution < 1.29 is 36.7 Å². The number of imidazole rings is 2. The normalized spacial score (nSPS) is 9.17. The van der Waals surface area contributed by atoms with Crippen molar-refractivity contribution in [2.24, 2.45) is 14.1 Å². The molecule has 8 N–H and O–H groups in total. The Morgan fingerprint density at radius 2 is 1.00 bits per heavy atom. The summed E-state index contributed by atoms with van der Waals surface area (Å²) in [5.41, 5.74) is 13.5. The third-order valence-electron chi connectivity index (χ3n) is 4.77. The van der Waals surface area contributed by atoms with Crippen LogP contribution >= 0.6 is 0 Å². The number of anilines is 2. The maximum absolute atomic E-state index is 11.2. The maximum Gasteiger partial charge on any atom is 2.00 e. The number of nitrogens with zero attached hydrogens (tertiary/aromatic N) is 10. The fourth-order valence-corrected chi connectivity index (χ4v) is 3.10. The van der Waals surface area contributed by atoms with Gasteiger partial charge in [0.15, 0.2) is 22.3 Å². The van der Waals surface area contributed by atoms with Crippen LogP contribution in [0.1, 0.15) is 0 Å². The van der Waals surface area contributed by atoms with Crippen LogP contribution in [-0.2, 0) is 35.2 Å². The molecule has 6 aromatic rings. The van der Waals surface area contributed by atoms with E-state index in [2.05, 4.69) is 39.9 Å². The van der Waals surface area contributed by atoms with Crippen LogP contribution in [0.25, 0.3) is 33.7 Å². The Morgan fingerprint density at radius 3 is 1.28 bits per heavy atom. The number of aromatic nitrogens is 10. The average molecular weight is 824 g/mol. The fraction of sp³-hybridized carbons (Fsp3) is 0.0909. The molecule has 46 heavy (non-hydrogen) atoms. The molecule has 0 atom stereocenters. The molecule has 0 spiro atoms. The van der Waals surface area contributed by atoms with Crippen LogP contribution in [0.2, 0.25) is 0 Å². The molecule has 246 valence electrons. The zero-order chi connectivity index (χ0) is 32.8. The number of aryl methyl sites for hydroxylation is 2. The number of hydrogen-bond acceptors (Lipinski definition) is 16. The molecule has 0 bridgehead atoms. The van der Waals surface area contributed by atoms with Gasteiger partial charge in [-0.3, -0.25) is 29.5 Å². The van der Waals surface area contributed by atoms with Gasteiger partial charge in [0.25, 0.3) is 11.1 Å². The number of nitrogen functional groups attached to an aromatic ring is 2. The molecule has 6 rings (SSSR count). The van der Waals surface area contributed by atoms with Crippen molar-refractivity contribution >= 4 is 34.2 Å². The Bertz CT molecular complexity index is 1800. The molecular formula is C22H24N14O9Pt. The van der Waals surface area contributed by atoms with Crippen LogP contribution in [-0.4, -0.2) is 64.7 Å². The third kappa shape index (κ3) is 12.5. The van der Waals surface area contributed by atoms with E-state index >= 15 is 0 Å². The minimum Gasteiger partial charge on any atom is -0.412 e. The molecule has 0 amide bonds. The van der Waals surface area contributed by atoms with Crippen LogP contribution in [0.5, 0.6) is 0 Å². The maximum atomic E-state index is 11.2. The van der Waals surface area contributed by atoms with Gasteiger partial charge in [-0.25, -0.2) is 9.97 Å². The standard InChI is InChI=1S/C10H8N2.2C6H7N5O.2NO3.H2O.Pt/c1-3-7-11-9(5-1)10-6-2-4-8-12-10;2*1-11-2-8-3-4(11)9-6(7)10-5(3)12;2*2-1(3)4;;/h1-8H;2*2H,1H3,(H3,7,9,10,12);;;1H2;/q;;;2*-1;;+2. The van der Waals surface area contributed by atoms with Crippen LogP contribution < -0.4 is 22.6 Å². The number of rotatable bonds is 1. The summed E-state index contributed by atoms with van der Waals surface area (Å²) >= 11 is 0. The number of fused-ring (bicyclic) bond motifs is 2. The number of aromatic amines is 2. The second-order valence-electron chi connectivity index (χ2n) is 7.83. The number of hydrogen-bond donors (Lipinski definition) is 4. The molecule has 0 aliphatic heterocycles. The summed E-state index contributed by atoms with van der Waals surface area (Å²) in [5, 5.41) is 29.5. The average Bonchev–Trinajstić information content (AvgIpc) is 3.52. The summed E-state index contributed by atoms with van der Waals surface area (Å²) < 4.78 is 3.28. The Kier molecular flexibility index (Phi) is 16.4. The summed E-state index contributed by atoms with van der Waals surface area (Å²) in [7, 11) is 3.50. The number of pyridine rings is 2. The summed E-state index contributed by atoms with van der Waals surface area (Å²) in [4.78, 5) is 67.5. The van der Waals surface area contributed by atoms with E-state index in [4.69, 9.17) is 42.1 Å². The zero-order valence-electron chi connectivity index (χ0n) is 23.5. The summed E-state index contributed by atoms with van der Waals surface area (Å²) in [5.74, 6) is 0.215. The van der Waals surface area contributed by atoms with Gasteiger partial charge in [-0.05, 0) is 24.3 Å². The van der Waals surface area contributed by atoms with Gasteiger partial charge in [0.2, 0.25) is 11.9 Å². The Morgan fingerprint density at radius 1 is 0.674 bits per heavy atom. The minimum absolute atomic E-state index is 0. The van der Waals surface area contributed by atoms with Gasteiger partial charge in [-0.1, -0.05) is 12.1 Å². The van der Waals surface area contributed by atoms with Crippen molar-refractivity contribution in [3.05, 3.63) is 113 Å². The van der Waals surface area contributed by atoms with E-state index in [1.165, 1.54) is 12.7 Å². The van der Waals surface area contributed by atoms with Crippen LogP contribution in [0.4, 0.5) is 11.9 Å². The van der Waals surface area contributed by atoms with Gasteiger partial charge >= 0.3 is 21.1 Å². The second kappa shape index (κ2) is 19.0. The Labute approximate surface area is 269 Å². The fourth-order valence-electron chi connectivity index (χ4n) is 3.10. The molecule has 6 heterocycles. The monoisotopic (exact) mass is 823 g/mol. The molecule has 0 fully saturated rings. The largest absolute Gasteiger partial charge is 2.00 e. The third-order valence-corrected chi connectivity index (χ3v) is 4.77. The van der Waals surface area contributed by atoms with Gasteiger partial charge in [0.1, 0.15) is 0 Å². The van der Waals surface area contributed by atoms with E-state index in [9.17, 15) is 9.59 Å². The molecular weight excluding hydrogens is 799 g/mol. The Hall–Kier alpha value is -6.35. The molecule has 0 aliphatic rings. The molecule has 0 aliphatic carbocycles. The molecule has 23 nitrogen and oxygen atoms in total. The number of H-pyrrole nitrogens is 2. The Balaban J connectivity index is 0.000000580. The first-order valence-electron chi connectivity index (χ1n) is 11.6. The van der Waals surface area contributed by atoms with E-state index in [0.717, 1.165) is 11.4 Å². The van der Waals surface area contributed by atoms with Crippen molar-refractivity contribution in [1.82, 2.24) is 49.0 Å². The van der Waals surface area contributed by atoms with Crippen LogP contribution in [0.3, 0.4) is 0 Å². The van der Waals surface area contributed by atoms with E-state index in [1.54, 1.807) is 35.6 Å². The molecule has 0 aromatic carbocycles. The first kappa shape index (κ1) is 39.6. The van der Waals surface area contributed by atoms with Crippen molar-refractivity contribution in [2.45, 2.75) is 0 Å². The van der Waals surface area contributed by atoms with Gasteiger partial charge in [0.05, 0.1) is 34.2 Å². The van der Waals surface area contributed by atoms with E-state index in [0.29, 0.717) is 22.3 Å². The quantitative estimate of drug-likeness (QED) is 0.118. The molecule has 0 saturated heterocycles. The van der Waals surface area contributed by atoms with Crippen molar-refractivity contribution in [3.8, 4) is 11.4 Å². The van der Waals surface area contributed by atoms with E-state index in [1.807, 2.05) is 36.4 Å². The molecule has 0 saturated carbocycles. The van der Waals surface area contributed by atoms with Crippen LogP contribution in [0, 0.1) is 30.6 Å². The minimum atomic E-state index is -1.75. The zero-order valence-corrected chi connectivity index (χ0v) is 25.8. The van der Waals surface area contributed by atoms with Gasteiger partial charge in [-0.15, -0.1) is 0 Å². The van der Waals surface area contributed by atoms with Crippen molar-refractivity contribution in [2.75, 3.05) is 11.5 Å². The summed E-state index contributed by atoms with van der Waals surface area (Å²) in [6.07, 6.45) is 6.58. The molecule has 24 heteroatoms. The van der Waals surface area contributed by atoms with Crippen LogP contribution in [0.15, 0.2) is 71.0 Å². The second-order valence-corrected chi connectivity index (χ2v) is 7.83.